The molecule has 0 aromatic heterocycles. The van der Waals surface area contributed by atoms with Crippen molar-refractivity contribution in [2.75, 3.05) is 0 Å². The van der Waals surface area contributed by atoms with E-state index in [2.05, 4.69) is 30.9 Å². The van der Waals surface area contributed by atoms with Crippen molar-refractivity contribution in [3.8, 4) is 0 Å². The zero-order valence-electron chi connectivity index (χ0n) is 16.2. The number of hydrogen-bond donors (Lipinski definition) is 0. The van der Waals surface area contributed by atoms with Gasteiger partial charge in [0.2, 0.25) is 0 Å². The van der Waals surface area contributed by atoms with Crippen LogP contribution in [0.25, 0.3) is 0 Å². The molecule has 156 valence electrons. The number of nitrogens with zero attached hydrogens (tertiary/aromatic N) is 6. The maximum Gasteiger partial charge on any atom is 3.00 e. The Balaban J connectivity index is 0. The number of hydrogen-bond acceptors (Lipinski definition) is 12. The normalized spacial score (nSPS) is 14.6. The second-order valence-corrected chi connectivity index (χ2v) is 5.10. The fourth-order valence-corrected chi connectivity index (χ4v) is 1.72. The molecule has 0 aromatic carbocycles. The smallest absolute Gasteiger partial charge is 0.792 e. The molecule has 0 unspecified atom stereocenters. The van der Waals surface area contributed by atoms with Crippen molar-refractivity contribution in [2.24, 2.45) is 30.9 Å². The quantitative estimate of drug-likeness (QED) is 0.299. The Hall–Kier alpha value is -3.68. The number of rotatable bonds is 0. The second kappa shape index (κ2) is 18.1. The molecule has 0 N–H and O–H groups in total. The first-order valence-corrected chi connectivity index (χ1v) is 7.90. The molecule has 14 heteroatoms. The van der Waals surface area contributed by atoms with Crippen molar-refractivity contribution >= 4 is 69.0 Å². The molecular weight excluding hydrogens is 450 g/mol. The molecule has 0 amide bonds. The Morgan fingerprint density at radius 1 is 0.281 bits per heavy atom. The van der Waals surface area contributed by atoms with Crippen molar-refractivity contribution in [2.45, 2.75) is 0 Å². The largest absolute Gasteiger partial charge is 3.00 e. The summed E-state index contributed by atoms with van der Waals surface area (Å²) in [6, 6.07) is 0. The third-order valence-electron chi connectivity index (χ3n) is 3.18. The molecule has 0 bridgehead atoms. The molecule has 0 aliphatic heterocycles. The summed E-state index contributed by atoms with van der Waals surface area (Å²) in [6.45, 7) is 0. The van der Waals surface area contributed by atoms with E-state index in [-0.39, 0.29) is 34.7 Å². The summed E-state index contributed by atoms with van der Waals surface area (Å²) in [6.07, 6.45) is 17.2. The maximum absolute atomic E-state index is 9.85. The monoisotopic (exact) mass is 462 g/mol. The summed E-state index contributed by atoms with van der Waals surface area (Å²) in [5.41, 5.74) is 1.79. The third-order valence-corrected chi connectivity index (χ3v) is 3.18. The van der Waals surface area contributed by atoms with Crippen LogP contribution in [0.4, 0.5) is 0 Å². The van der Waals surface area contributed by atoms with Gasteiger partial charge in [-0.15, -0.1) is 0 Å². The Bertz CT molecular complexity index is 723. The molecule has 12 nitrogen and oxygen atoms in total. The minimum Gasteiger partial charge on any atom is -0.792 e. The van der Waals surface area contributed by atoms with Crippen molar-refractivity contribution < 1.29 is 0 Å². The van der Waals surface area contributed by atoms with Gasteiger partial charge in [0, 0.05) is 0 Å². The van der Waals surface area contributed by atoms with E-state index in [1.165, 1.54) is 72.9 Å². The van der Waals surface area contributed by atoms with Gasteiger partial charge in [-0.3, -0.25) is 0 Å². The Kier molecular flexibility index (Phi) is 17.3. The van der Waals surface area contributed by atoms with E-state index in [1.807, 2.05) is 0 Å². The summed E-state index contributed by atoms with van der Waals surface area (Å²) >= 11 is 0. The predicted octanol–water partition coefficient (Wildman–Crippen LogP) is 2.21. The first kappa shape index (κ1) is 30.5. The van der Waals surface area contributed by atoms with Gasteiger partial charge in [0.15, 0.2) is 0 Å². The van der Waals surface area contributed by atoms with Crippen LogP contribution >= 0.6 is 0 Å². The van der Waals surface area contributed by atoms with Crippen LogP contribution in [0.1, 0.15) is 0 Å². The molecular formula is C18H12Al2N6O6. The molecule has 0 fully saturated rings. The summed E-state index contributed by atoms with van der Waals surface area (Å²) < 4.78 is 0. The zero-order valence-corrected chi connectivity index (χ0v) is 18.5. The van der Waals surface area contributed by atoms with E-state index in [4.69, 9.17) is 0 Å². The minimum atomic E-state index is 0. The van der Waals surface area contributed by atoms with Gasteiger partial charge < -0.3 is 62.2 Å². The van der Waals surface area contributed by atoms with Crippen molar-refractivity contribution in [3.05, 3.63) is 104 Å². The Morgan fingerprint density at radius 3 is 0.438 bits per heavy atom. The average molecular weight is 462 g/mol. The van der Waals surface area contributed by atoms with E-state index in [0.29, 0.717) is 34.3 Å². The zero-order chi connectivity index (χ0) is 22.2. The first-order chi connectivity index (χ1) is 14.6. The predicted molar refractivity (Wildman–Crippen MR) is 131 cm³/mol. The van der Waals surface area contributed by atoms with E-state index < -0.39 is 0 Å². The molecule has 3 rings (SSSR count). The SMILES string of the molecule is [Al+3].[Al+3].[O-]N=C1C=CC(=N[O-])C=C1.[O-]N=C1C=CC(=N[O-])C=C1.[O-]N=C1C=CC(=N[O-])C=C1. The first-order valence-electron chi connectivity index (χ1n) is 7.90. The molecule has 0 saturated carbocycles. The van der Waals surface area contributed by atoms with Gasteiger partial charge in [-0.1, -0.05) is 0 Å². The van der Waals surface area contributed by atoms with Crippen LogP contribution < -0.4 is 0 Å². The molecule has 0 spiro atoms. The molecule has 3 aliphatic rings. The van der Waals surface area contributed by atoms with E-state index in [9.17, 15) is 31.2 Å². The number of allylic oxidation sites excluding steroid dienone is 12. The Labute approximate surface area is 203 Å². The standard InChI is InChI=1S/3C6H6N2O2.2Al/c3*9-7-5-1-2-6(8-10)4-3-5;;/h3*1-4,9-10H;;/q;;;2*+3/p-6. The summed E-state index contributed by atoms with van der Waals surface area (Å²) in [4.78, 5) is 0. The summed E-state index contributed by atoms with van der Waals surface area (Å²) in [5, 5.41) is 75.0. The maximum atomic E-state index is 9.85. The fraction of sp³-hybridized carbons (Fsp3) is 0. The van der Waals surface area contributed by atoms with Gasteiger partial charge in [-0.25, -0.2) is 0 Å². The van der Waals surface area contributed by atoms with Crippen LogP contribution in [0, 0.1) is 31.2 Å². The van der Waals surface area contributed by atoms with E-state index >= 15 is 0 Å². The van der Waals surface area contributed by atoms with Crippen LogP contribution in [0.3, 0.4) is 0 Å². The van der Waals surface area contributed by atoms with Gasteiger partial charge in [0.05, 0.1) is 34.3 Å². The Morgan fingerprint density at radius 2 is 0.375 bits per heavy atom. The third kappa shape index (κ3) is 11.5. The molecule has 0 heterocycles. The average Bonchev–Trinajstić information content (AvgIpc) is 2.85. The van der Waals surface area contributed by atoms with Crippen LogP contribution in [-0.2, 0) is 0 Å². The van der Waals surface area contributed by atoms with E-state index in [1.54, 1.807) is 0 Å². The van der Waals surface area contributed by atoms with Crippen LogP contribution in [0.5, 0.6) is 0 Å². The van der Waals surface area contributed by atoms with Gasteiger partial charge in [-0.05, 0) is 72.9 Å². The van der Waals surface area contributed by atoms with Crippen LogP contribution in [-0.4, -0.2) is 69.0 Å². The summed E-state index contributed by atoms with van der Waals surface area (Å²) in [5.74, 6) is 0. The topological polar surface area (TPSA) is 213 Å². The molecule has 0 atom stereocenters. The van der Waals surface area contributed by atoms with E-state index in [0.717, 1.165) is 0 Å². The molecule has 32 heavy (non-hydrogen) atoms. The minimum absolute atomic E-state index is 0. The van der Waals surface area contributed by atoms with Gasteiger partial charge >= 0.3 is 34.7 Å². The fourth-order valence-electron chi connectivity index (χ4n) is 1.72. The van der Waals surface area contributed by atoms with Gasteiger partial charge in [0.25, 0.3) is 0 Å². The second-order valence-electron chi connectivity index (χ2n) is 5.10. The van der Waals surface area contributed by atoms with Gasteiger partial charge in [0.1, 0.15) is 0 Å². The molecule has 0 saturated heterocycles. The van der Waals surface area contributed by atoms with Gasteiger partial charge in [-0.2, -0.15) is 0 Å². The van der Waals surface area contributed by atoms with Crippen LogP contribution in [0.15, 0.2) is 104 Å². The van der Waals surface area contributed by atoms with Crippen molar-refractivity contribution in [1.29, 1.82) is 0 Å². The molecule has 0 aromatic rings. The van der Waals surface area contributed by atoms with Crippen molar-refractivity contribution in [1.82, 2.24) is 0 Å². The molecule has 0 radical (unpaired) electrons. The summed E-state index contributed by atoms with van der Waals surface area (Å²) in [7, 11) is 0. The molecule has 3 aliphatic carbocycles. The van der Waals surface area contributed by atoms with Crippen LogP contribution in [0.2, 0.25) is 0 Å². The van der Waals surface area contributed by atoms with Crippen molar-refractivity contribution in [3.63, 3.8) is 0 Å².